The monoisotopic (exact) mass is 366 g/mol. The number of hydrogen-bond acceptors (Lipinski definition) is 2. The van der Waals surface area contributed by atoms with Crippen molar-refractivity contribution in [1.82, 2.24) is 10.2 Å². The fourth-order valence-corrected chi connectivity index (χ4v) is 3.05. The van der Waals surface area contributed by atoms with Crippen molar-refractivity contribution in [2.75, 3.05) is 0 Å². The molecule has 0 radical (unpaired) electrons. The van der Waals surface area contributed by atoms with Crippen LogP contribution in [0.4, 0.5) is 4.39 Å². The van der Waals surface area contributed by atoms with Crippen LogP contribution < -0.4 is 0 Å². The van der Waals surface area contributed by atoms with Gasteiger partial charge in [0.15, 0.2) is 5.15 Å². The Bertz CT molecular complexity index is 860. The minimum absolute atomic E-state index is 0.0903. The van der Waals surface area contributed by atoms with Crippen molar-refractivity contribution < 1.29 is 4.39 Å². The molecule has 0 aliphatic rings. The van der Waals surface area contributed by atoms with Gasteiger partial charge in [-0.15, -0.1) is 5.10 Å². The van der Waals surface area contributed by atoms with Crippen molar-refractivity contribution in [2.45, 2.75) is 6.92 Å². The second-order valence-corrected chi connectivity index (χ2v) is 6.13. The van der Waals surface area contributed by atoms with Gasteiger partial charge >= 0.3 is 0 Å². The van der Waals surface area contributed by atoms with Gasteiger partial charge in [-0.2, -0.15) is 5.10 Å². The van der Waals surface area contributed by atoms with Crippen LogP contribution in [0.1, 0.15) is 5.69 Å². The van der Waals surface area contributed by atoms with Crippen LogP contribution >= 0.6 is 34.8 Å². The van der Waals surface area contributed by atoms with E-state index >= 15 is 0 Å². The van der Waals surface area contributed by atoms with E-state index in [9.17, 15) is 4.39 Å². The lowest BCUT2D eigenvalue weighted by molar-refractivity contribution is 0.631. The molecule has 1 heterocycles. The minimum atomic E-state index is -0.470. The average Bonchev–Trinajstić information content (AvgIpc) is 2.52. The molecular formula is C17H10Cl3FN2. The lowest BCUT2D eigenvalue weighted by atomic mass is 9.94. The first-order chi connectivity index (χ1) is 11.0. The molecule has 0 bridgehead atoms. The maximum absolute atomic E-state index is 14.4. The third-order valence-electron chi connectivity index (χ3n) is 3.45. The van der Waals surface area contributed by atoms with Crippen LogP contribution in [0.15, 0.2) is 42.5 Å². The molecule has 0 unspecified atom stereocenters. The zero-order valence-electron chi connectivity index (χ0n) is 11.9. The van der Waals surface area contributed by atoms with Crippen molar-refractivity contribution in [3.05, 3.63) is 69.2 Å². The molecule has 116 valence electrons. The predicted molar refractivity (Wildman–Crippen MR) is 92.6 cm³/mol. The molecule has 3 aromatic rings. The summed E-state index contributed by atoms with van der Waals surface area (Å²) in [7, 11) is 0. The summed E-state index contributed by atoms with van der Waals surface area (Å²) < 4.78 is 14.4. The van der Waals surface area contributed by atoms with Gasteiger partial charge in [-0.1, -0.05) is 53.0 Å². The highest BCUT2D eigenvalue weighted by molar-refractivity contribution is 6.36. The van der Waals surface area contributed by atoms with Crippen LogP contribution in [0, 0.1) is 12.7 Å². The molecule has 0 fully saturated rings. The lowest BCUT2D eigenvalue weighted by Crippen LogP contribution is -1.99. The Morgan fingerprint density at radius 2 is 1.52 bits per heavy atom. The third-order valence-corrected chi connectivity index (χ3v) is 4.28. The summed E-state index contributed by atoms with van der Waals surface area (Å²) >= 11 is 18.4. The van der Waals surface area contributed by atoms with Gasteiger partial charge in [0.05, 0.1) is 10.7 Å². The van der Waals surface area contributed by atoms with Crippen LogP contribution in [-0.2, 0) is 0 Å². The maximum Gasteiger partial charge on any atom is 0.160 e. The van der Waals surface area contributed by atoms with Crippen molar-refractivity contribution in [1.29, 1.82) is 0 Å². The molecule has 2 aromatic carbocycles. The van der Waals surface area contributed by atoms with Gasteiger partial charge in [-0.3, -0.25) is 0 Å². The van der Waals surface area contributed by atoms with Gasteiger partial charge in [0, 0.05) is 21.7 Å². The molecule has 0 amide bonds. The Morgan fingerprint density at radius 1 is 0.826 bits per heavy atom. The smallest absolute Gasteiger partial charge is 0.160 e. The summed E-state index contributed by atoms with van der Waals surface area (Å²) in [5.74, 6) is -0.470. The van der Waals surface area contributed by atoms with Gasteiger partial charge in [0.2, 0.25) is 0 Å². The zero-order valence-corrected chi connectivity index (χ0v) is 14.2. The fourth-order valence-electron chi connectivity index (χ4n) is 2.44. The maximum atomic E-state index is 14.4. The molecule has 23 heavy (non-hydrogen) atoms. The third kappa shape index (κ3) is 3.05. The van der Waals surface area contributed by atoms with E-state index in [1.54, 1.807) is 31.2 Å². The molecule has 0 aliphatic carbocycles. The SMILES string of the molecule is Cc1nnc(Cl)c(-c2c(F)cccc2Cl)c1-c1ccc(Cl)cc1. The highest BCUT2D eigenvalue weighted by Gasteiger charge is 2.21. The number of hydrogen-bond donors (Lipinski definition) is 0. The summed E-state index contributed by atoms with van der Waals surface area (Å²) in [5.41, 5.74) is 2.73. The van der Waals surface area contributed by atoms with Gasteiger partial charge in [-0.05, 0) is 36.8 Å². The topological polar surface area (TPSA) is 25.8 Å². The van der Waals surface area contributed by atoms with Crippen molar-refractivity contribution in [3.63, 3.8) is 0 Å². The minimum Gasteiger partial charge on any atom is -0.206 e. The van der Waals surface area contributed by atoms with E-state index < -0.39 is 5.82 Å². The van der Waals surface area contributed by atoms with E-state index in [1.165, 1.54) is 6.07 Å². The van der Waals surface area contributed by atoms with E-state index in [1.807, 2.05) is 12.1 Å². The van der Waals surface area contributed by atoms with Gasteiger partial charge in [0.25, 0.3) is 0 Å². The van der Waals surface area contributed by atoms with Gasteiger partial charge in [0.1, 0.15) is 5.82 Å². The molecule has 3 rings (SSSR count). The van der Waals surface area contributed by atoms with Crippen LogP contribution in [-0.4, -0.2) is 10.2 Å². The van der Waals surface area contributed by atoms with Gasteiger partial charge < -0.3 is 0 Å². The highest BCUT2D eigenvalue weighted by Crippen LogP contribution is 2.42. The van der Waals surface area contributed by atoms with E-state index in [2.05, 4.69) is 10.2 Å². The van der Waals surface area contributed by atoms with Crippen LogP contribution in [0.2, 0.25) is 15.2 Å². The largest absolute Gasteiger partial charge is 0.206 e. The van der Waals surface area contributed by atoms with E-state index in [4.69, 9.17) is 34.8 Å². The van der Waals surface area contributed by atoms with Crippen LogP contribution in [0.3, 0.4) is 0 Å². The molecular weight excluding hydrogens is 358 g/mol. The Labute approximate surface area is 147 Å². The first-order valence-corrected chi connectivity index (χ1v) is 7.85. The van der Waals surface area contributed by atoms with E-state index in [0.29, 0.717) is 21.8 Å². The van der Waals surface area contributed by atoms with Crippen LogP contribution in [0.25, 0.3) is 22.3 Å². The molecule has 0 saturated heterocycles. The number of halogens is 4. The molecule has 2 nitrogen and oxygen atoms in total. The number of rotatable bonds is 2. The fraction of sp³-hybridized carbons (Fsp3) is 0.0588. The predicted octanol–water partition coefficient (Wildman–Crippen LogP) is 6.22. The lowest BCUT2D eigenvalue weighted by Gasteiger charge is -2.15. The number of benzene rings is 2. The Kier molecular flexibility index (Phi) is 4.53. The first kappa shape index (κ1) is 16.2. The molecule has 0 spiro atoms. The second kappa shape index (κ2) is 6.44. The van der Waals surface area contributed by atoms with E-state index in [-0.39, 0.29) is 15.7 Å². The summed E-state index contributed by atoms with van der Waals surface area (Å²) in [6.45, 7) is 1.78. The summed E-state index contributed by atoms with van der Waals surface area (Å²) in [6, 6.07) is 11.6. The van der Waals surface area contributed by atoms with Gasteiger partial charge in [-0.25, -0.2) is 4.39 Å². The Hall–Kier alpha value is -1.68. The second-order valence-electron chi connectivity index (χ2n) is 4.93. The molecule has 0 aliphatic heterocycles. The highest BCUT2D eigenvalue weighted by atomic mass is 35.5. The molecule has 6 heteroatoms. The van der Waals surface area contributed by atoms with E-state index in [0.717, 1.165) is 5.56 Å². The van der Waals surface area contributed by atoms with Crippen LogP contribution in [0.5, 0.6) is 0 Å². The summed E-state index contributed by atoms with van der Waals surface area (Å²) in [6.07, 6.45) is 0. The molecule has 0 N–H and O–H groups in total. The quantitative estimate of drug-likeness (QED) is 0.537. The number of aryl methyl sites for hydroxylation is 1. The van der Waals surface area contributed by atoms with Crippen molar-refractivity contribution >= 4 is 34.8 Å². The molecule has 0 saturated carbocycles. The summed E-state index contributed by atoms with van der Waals surface area (Å²) in [4.78, 5) is 0. The zero-order chi connectivity index (χ0) is 16.6. The normalized spacial score (nSPS) is 10.8. The van der Waals surface area contributed by atoms with Crippen molar-refractivity contribution in [2.24, 2.45) is 0 Å². The Morgan fingerprint density at radius 3 is 2.17 bits per heavy atom. The average molecular weight is 368 g/mol. The molecule has 0 atom stereocenters. The van der Waals surface area contributed by atoms with Crippen molar-refractivity contribution in [3.8, 4) is 22.3 Å². The standard InChI is InChI=1S/C17H10Cl3FN2/c1-9-14(10-5-7-11(18)8-6-10)16(17(20)23-22-9)15-12(19)3-2-4-13(15)21/h2-8H,1H3. The Balaban J connectivity index is 2.37. The molecule has 1 aromatic heterocycles. The first-order valence-electron chi connectivity index (χ1n) is 6.72. The number of aromatic nitrogens is 2. The number of nitrogens with zero attached hydrogens (tertiary/aromatic N) is 2. The summed E-state index contributed by atoms with van der Waals surface area (Å²) in [5, 5.41) is 8.90.